The van der Waals surface area contributed by atoms with Crippen LogP contribution in [0.4, 0.5) is 4.39 Å². The van der Waals surface area contributed by atoms with Crippen molar-refractivity contribution in [2.24, 2.45) is 0 Å². The summed E-state index contributed by atoms with van der Waals surface area (Å²) in [5.74, 6) is -1.20. The van der Waals surface area contributed by atoms with E-state index in [2.05, 4.69) is 15.9 Å². The topological polar surface area (TPSA) is 52.6 Å². The van der Waals surface area contributed by atoms with E-state index in [0.717, 1.165) is 6.07 Å². The Morgan fingerprint density at radius 3 is 2.29 bits per heavy atom. The molecule has 4 nitrogen and oxygen atoms in total. The number of hydrogen-bond donors (Lipinski definition) is 0. The third-order valence-electron chi connectivity index (χ3n) is 1.96. The molecule has 0 aliphatic rings. The quantitative estimate of drug-likeness (QED) is 0.786. The minimum atomic E-state index is -3.89. The number of benzene rings is 1. The van der Waals surface area contributed by atoms with Crippen molar-refractivity contribution in [3.8, 4) is 11.5 Å². The van der Waals surface area contributed by atoms with E-state index in [-0.39, 0.29) is 17.1 Å². The third kappa shape index (κ3) is 3.46. The smallest absolute Gasteiger partial charge is 0.237 e. The molecule has 0 amide bonds. The maximum absolute atomic E-state index is 13.7. The average Bonchev–Trinajstić information content (AvgIpc) is 2.19. The van der Waals surface area contributed by atoms with Crippen molar-refractivity contribution in [3.63, 3.8) is 0 Å². The second-order valence-electron chi connectivity index (χ2n) is 3.07. The van der Waals surface area contributed by atoms with Crippen LogP contribution < -0.4 is 9.47 Å². The van der Waals surface area contributed by atoms with Gasteiger partial charge in [0, 0.05) is 10.7 Å². The van der Waals surface area contributed by atoms with Crippen LogP contribution in [-0.4, -0.2) is 22.6 Å². The standard InChI is InChI=1S/C9H9BrClFO4S/c1-15-8-5(4-17(11,13)14)7(12)3-6(10)9(8)16-2/h3H,4H2,1-2H3. The Morgan fingerprint density at radius 2 is 1.88 bits per heavy atom. The fraction of sp³-hybridized carbons (Fsp3) is 0.333. The predicted molar refractivity (Wildman–Crippen MR) is 65.7 cm³/mol. The van der Waals surface area contributed by atoms with Gasteiger partial charge in [-0.3, -0.25) is 0 Å². The molecule has 1 aromatic rings. The molecule has 0 bridgehead atoms. The summed E-state index contributed by atoms with van der Waals surface area (Å²) < 4.78 is 45.9. The summed E-state index contributed by atoms with van der Waals surface area (Å²) in [7, 11) is 3.86. The first kappa shape index (κ1) is 14.5. The van der Waals surface area contributed by atoms with Gasteiger partial charge in [-0.2, -0.15) is 0 Å². The lowest BCUT2D eigenvalue weighted by molar-refractivity contribution is 0.347. The van der Waals surface area contributed by atoms with Crippen molar-refractivity contribution in [1.29, 1.82) is 0 Å². The normalized spacial score (nSPS) is 11.4. The van der Waals surface area contributed by atoms with Crippen LogP contribution >= 0.6 is 26.6 Å². The van der Waals surface area contributed by atoms with E-state index in [0.29, 0.717) is 4.47 Å². The molecule has 0 atom stereocenters. The third-order valence-corrected chi connectivity index (χ3v) is 3.51. The lowest BCUT2D eigenvalue weighted by atomic mass is 10.2. The second-order valence-corrected chi connectivity index (χ2v) is 6.70. The predicted octanol–water partition coefficient (Wildman–Crippen LogP) is 2.67. The minimum absolute atomic E-state index is 0.00333. The summed E-state index contributed by atoms with van der Waals surface area (Å²) in [4.78, 5) is 0. The van der Waals surface area contributed by atoms with E-state index in [9.17, 15) is 12.8 Å². The van der Waals surface area contributed by atoms with Crippen LogP contribution in [0.15, 0.2) is 10.5 Å². The zero-order valence-electron chi connectivity index (χ0n) is 8.96. The minimum Gasteiger partial charge on any atom is -0.492 e. The first-order valence-electron chi connectivity index (χ1n) is 4.31. The van der Waals surface area contributed by atoms with Gasteiger partial charge in [0.2, 0.25) is 9.05 Å². The van der Waals surface area contributed by atoms with Crippen LogP contribution in [0.3, 0.4) is 0 Å². The Bertz CT molecular complexity index is 532. The van der Waals surface area contributed by atoms with Gasteiger partial charge in [0.1, 0.15) is 5.82 Å². The molecule has 0 aromatic heterocycles. The van der Waals surface area contributed by atoms with Gasteiger partial charge in [0.15, 0.2) is 11.5 Å². The molecule has 0 N–H and O–H groups in total. The van der Waals surface area contributed by atoms with Crippen LogP contribution in [0.5, 0.6) is 11.5 Å². The summed E-state index contributed by atoms with van der Waals surface area (Å²) >= 11 is 3.09. The highest BCUT2D eigenvalue weighted by Gasteiger charge is 2.22. The Morgan fingerprint density at radius 1 is 1.35 bits per heavy atom. The fourth-order valence-electron chi connectivity index (χ4n) is 1.33. The number of rotatable bonds is 4. The average molecular weight is 348 g/mol. The van der Waals surface area contributed by atoms with Gasteiger partial charge in [-0.1, -0.05) is 0 Å². The molecule has 0 saturated heterocycles. The molecule has 0 fully saturated rings. The van der Waals surface area contributed by atoms with E-state index < -0.39 is 20.6 Å². The molecule has 1 aromatic carbocycles. The SMILES string of the molecule is COc1c(Br)cc(F)c(CS(=O)(=O)Cl)c1OC. The number of hydrogen-bond acceptors (Lipinski definition) is 4. The molecule has 8 heteroatoms. The second kappa shape index (κ2) is 5.41. The van der Waals surface area contributed by atoms with Crippen molar-refractivity contribution in [2.45, 2.75) is 5.75 Å². The maximum atomic E-state index is 13.7. The molecule has 0 spiro atoms. The van der Waals surface area contributed by atoms with Crippen LogP contribution in [0.1, 0.15) is 5.56 Å². The Hall–Kier alpha value is -0.530. The molecule has 17 heavy (non-hydrogen) atoms. The summed E-state index contributed by atoms with van der Waals surface area (Å²) in [6.07, 6.45) is 0. The monoisotopic (exact) mass is 346 g/mol. The van der Waals surface area contributed by atoms with Gasteiger partial charge in [-0.25, -0.2) is 12.8 Å². The molecule has 0 unspecified atom stereocenters. The molecular formula is C9H9BrClFO4S. The molecular weight excluding hydrogens is 339 g/mol. The molecule has 0 aliphatic heterocycles. The highest BCUT2D eigenvalue weighted by atomic mass is 79.9. The van der Waals surface area contributed by atoms with Crippen LogP contribution in [0.2, 0.25) is 0 Å². The lowest BCUT2D eigenvalue weighted by Gasteiger charge is -2.14. The summed E-state index contributed by atoms with van der Waals surface area (Å²) in [5.41, 5.74) is -0.164. The van der Waals surface area contributed by atoms with Gasteiger partial charge in [0.25, 0.3) is 0 Å². The van der Waals surface area contributed by atoms with Crippen molar-refractivity contribution in [1.82, 2.24) is 0 Å². The highest BCUT2D eigenvalue weighted by molar-refractivity contribution is 9.10. The van der Waals surface area contributed by atoms with Gasteiger partial charge in [-0.05, 0) is 22.0 Å². The molecule has 0 heterocycles. The molecule has 0 radical (unpaired) electrons. The van der Waals surface area contributed by atoms with Gasteiger partial charge >= 0.3 is 0 Å². The molecule has 0 saturated carbocycles. The van der Waals surface area contributed by atoms with Crippen molar-refractivity contribution in [2.75, 3.05) is 14.2 Å². The Labute approximate surface area is 111 Å². The first-order chi connectivity index (χ1) is 7.80. The molecule has 96 valence electrons. The van der Waals surface area contributed by atoms with Crippen molar-refractivity contribution in [3.05, 3.63) is 21.9 Å². The number of halogens is 3. The molecule has 0 aliphatic carbocycles. The van der Waals surface area contributed by atoms with Crippen LogP contribution in [-0.2, 0) is 14.8 Å². The highest BCUT2D eigenvalue weighted by Crippen LogP contribution is 2.40. The number of methoxy groups -OCH3 is 2. The fourth-order valence-corrected chi connectivity index (χ4v) is 2.81. The zero-order chi connectivity index (χ0) is 13.2. The Balaban J connectivity index is 3.47. The van der Waals surface area contributed by atoms with Gasteiger partial charge in [-0.15, -0.1) is 0 Å². The number of ether oxygens (including phenoxy) is 2. The van der Waals surface area contributed by atoms with Gasteiger partial charge < -0.3 is 9.47 Å². The largest absolute Gasteiger partial charge is 0.492 e. The first-order valence-corrected chi connectivity index (χ1v) is 7.58. The van der Waals surface area contributed by atoms with E-state index in [1.165, 1.54) is 14.2 Å². The summed E-state index contributed by atoms with van der Waals surface area (Å²) in [6, 6.07) is 1.10. The van der Waals surface area contributed by atoms with Crippen molar-refractivity contribution >= 4 is 35.7 Å². The van der Waals surface area contributed by atoms with E-state index >= 15 is 0 Å². The van der Waals surface area contributed by atoms with E-state index in [1.54, 1.807) is 0 Å². The van der Waals surface area contributed by atoms with Crippen molar-refractivity contribution < 1.29 is 22.3 Å². The lowest BCUT2D eigenvalue weighted by Crippen LogP contribution is -2.04. The summed E-state index contributed by atoms with van der Waals surface area (Å²) in [6.45, 7) is 0. The Kier molecular flexibility index (Phi) is 4.62. The zero-order valence-corrected chi connectivity index (χ0v) is 12.1. The van der Waals surface area contributed by atoms with Crippen LogP contribution in [0.25, 0.3) is 0 Å². The molecule has 1 rings (SSSR count). The van der Waals surface area contributed by atoms with E-state index in [4.69, 9.17) is 20.2 Å². The summed E-state index contributed by atoms with van der Waals surface area (Å²) in [5, 5.41) is 0. The van der Waals surface area contributed by atoms with Crippen LogP contribution in [0, 0.1) is 5.82 Å². The van der Waals surface area contributed by atoms with E-state index in [1.807, 2.05) is 0 Å². The van der Waals surface area contributed by atoms with Gasteiger partial charge in [0.05, 0.1) is 30.0 Å². The maximum Gasteiger partial charge on any atom is 0.237 e.